The van der Waals surface area contributed by atoms with Gasteiger partial charge in [-0.15, -0.1) is 11.8 Å². The zero-order valence-electron chi connectivity index (χ0n) is 27.0. The van der Waals surface area contributed by atoms with E-state index in [-0.39, 0.29) is 11.6 Å². The molecule has 5 aromatic rings. The second-order valence-corrected chi connectivity index (χ2v) is 12.2. The zero-order valence-corrected chi connectivity index (χ0v) is 27.8. The number of hydrogen-bond acceptors (Lipinski definition) is 5. The third-order valence-corrected chi connectivity index (χ3v) is 8.83. The van der Waals surface area contributed by atoms with Gasteiger partial charge in [0.05, 0.1) is 6.61 Å². The van der Waals surface area contributed by atoms with Crippen LogP contribution in [0, 0.1) is 13.8 Å². The molecule has 0 spiro atoms. The molecule has 0 aliphatic rings. The van der Waals surface area contributed by atoms with Crippen molar-refractivity contribution in [3.63, 3.8) is 0 Å². The molecule has 0 aliphatic heterocycles. The van der Waals surface area contributed by atoms with Crippen LogP contribution in [0.1, 0.15) is 44.8 Å². The minimum Gasteiger partial charge on any atom is -0.494 e. The summed E-state index contributed by atoms with van der Waals surface area (Å²) < 4.78 is 5.54. The molecule has 1 atom stereocenters. The maximum atomic E-state index is 13.7. The number of carbonyl (C=O) groups excluding carboxylic acids is 3. The molecule has 1 unspecified atom stereocenters. The Morgan fingerprint density at radius 3 is 2.17 bits per heavy atom. The number of nitrogens with one attached hydrogen (secondary N) is 3. The van der Waals surface area contributed by atoms with Crippen molar-refractivity contribution in [3.8, 4) is 5.75 Å². The highest BCUT2D eigenvalue weighted by Crippen LogP contribution is 2.37. The summed E-state index contributed by atoms with van der Waals surface area (Å²) in [7, 11) is 0. The lowest BCUT2D eigenvalue weighted by atomic mass is 10.1. The fourth-order valence-electron chi connectivity index (χ4n) is 4.90. The molecule has 0 radical (unpaired) electrons. The Labute approximate surface area is 285 Å². The van der Waals surface area contributed by atoms with Crippen molar-refractivity contribution in [2.75, 3.05) is 17.2 Å². The molecular formula is C40H37N3O4S. The van der Waals surface area contributed by atoms with E-state index in [4.69, 9.17) is 4.74 Å². The monoisotopic (exact) mass is 655 g/mol. The van der Waals surface area contributed by atoms with Crippen LogP contribution < -0.4 is 20.7 Å². The van der Waals surface area contributed by atoms with Gasteiger partial charge in [-0.25, -0.2) is 0 Å². The highest BCUT2D eigenvalue weighted by molar-refractivity contribution is 8.00. The first kappa shape index (κ1) is 33.8. The smallest absolute Gasteiger partial charge is 0.272 e. The van der Waals surface area contributed by atoms with Crippen LogP contribution in [0.5, 0.6) is 5.75 Å². The molecule has 0 bridgehead atoms. The summed E-state index contributed by atoms with van der Waals surface area (Å²) in [6.45, 7) is 6.45. The van der Waals surface area contributed by atoms with E-state index in [2.05, 4.69) is 16.0 Å². The van der Waals surface area contributed by atoms with Crippen LogP contribution in [0.25, 0.3) is 6.08 Å². The minimum atomic E-state index is -0.558. The average molecular weight is 656 g/mol. The summed E-state index contributed by atoms with van der Waals surface area (Å²) in [5.74, 6) is -0.353. The molecule has 0 fully saturated rings. The van der Waals surface area contributed by atoms with Gasteiger partial charge in [0.1, 0.15) is 16.7 Å². The largest absolute Gasteiger partial charge is 0.494 e. The topological polar surface area (TPSA) is 96.5 Å². The van der Waals surface area contributed by atoms with Crippen molar-refractivity contribution in [1.82, 2.24) is 5.32 Å². The Morgan fingerprint density at radius 2 is 1.46 bits per heavy atom. The van der Waals surface area contributed by atoms with Gasteiger partial charge in [-0.2, -0.15) is 0 Å². The molecule has 0 heterocycles. The SMILES string of the molecule is CCOc1ccc(/C=C(/NC(=O)c2ccccc2)C(=O)Nc2cccc(SC(C(=O)Nc3cccc(C)c3C)c3ccccc3)c2)cc1. The van der Waals surface area contributed by atoms with Crippen molar-refractivity contribution in [1.29, 1.82) is 0 Å². The number of rotatable bonds is 12. The van der Waals surface area contributed by atoms with Gasteiger partial charge in [0, 0.05) is 21.8 Å². The number of carbonyl (C=O) groups is 3. The van der Waals surface area contributed by atoms with Crippen molar-refractivity contribution < 1.29 is 19.1 Å². The fraction of sp³-hybridized carbons (Fsp3) is 0.125. The molecule has 0 aliphatic carbocycles. The summed E-state index contributed by atoms with van der Waals surface area (Å²) in [5.41, 5.74) is 5.45. The lowest BCUT2D eigenvalue weighted by Crippen LogP contribution is -2.30. The third kappa shape index (κ3) is 9.02. The molecule has 0 saturated carbocycles. The normalized spacial score (nSPS) is 11.7. The number of ether oxygens (including phenoxy) is 1. The highest BCUT2D eigenvalue weighted by atomic mass is 32.2. The molecule has 0 aromatic heterocycles. The van der Waals surface area contributed by atoms with E-state index in [0.717, 1.165) is 27.3 Å². The van der Waals surface area contributed by atoms with E-state index >= 15 is 0 Å². The molecule has 5 rings (SSSR count). The van der Waals surface area contributed by atoms with Crippen LogP contribution in [0.15, 0.2) is 138 Å². The van der Waals surface area contributed by atoms with E-state index in [0.29, 0.717) is 29.2 Å². The first-order valence-corrected chi connectivity index (χ1v) is 16.5. The molecule has 3 amide bonds. The van der Waals surface area contributed by atoms with Gasteiger partial charge in [0.25, 0.3) is 11.8 Å². The van der Waals surface area contributed by atoms with Gasteiger partial charge in [-0.1, -0.05) is 78.9 Å². The van der Waals surface area contributed by atoms with Crippen LogP contribution in [-0.4, -0.2) is 24.3 Å². The predicted molar refractivity (Wildman–Crippen MR) is 194 cm³/mol. The second-order valence-electron chi connectivity index (χ2n) is 11.0. The van der Waals surface area contributed by atoms with E-state index in [1.807, 2.05) is 118 Å². The summed E-state index contributed by atoms with van der Waals surface area (Å²) in [4.78, 5) is 41.3. The van der Waals surface area contributed by atoms with Crippen LogP contribution in [0.4, 0.5) is 11.4 Å². The van der Waals surface area contributed by atoms with E-state index in [1.54, 1.807) is 36.4 Å². The molecule has 8 heteroatoms. The van der Waals surface area contributed by atoms with Gasteiger partial charge in [0.2, 0.25) is 5.91 Å². The Morgan fingerprint density at radius 1 is 0.771 bits per heavy atom. The summed E-state index contributed by atoms with van der Waals surface area (Å²) in [5, 5.41) is 8.26. The summed E-state index contributed by atoms with van der Waals surface area (Å²) in [6, 6.07) is 38.7. The first-order valence-electron chi connectivity index (χ1n) is 15.6. The number of amides is 3. The van der Waals surface area contributed by atoms with Crippen molar-refractivity contribution >= 4 is 46.9 Å². The van der Waals surface area contributed by atoms with Crippen molar-refractivity contribution in [3.05, 3.63) is 161 Å². The number of hydrogen-bond donors (Lipinski definition) is 3. The van der Waals surface area contributed by atoms with Crippen LogP contribution in [0.2, 0.25) is 0 Å². The zero-order chi connectivity index (χ0) is 33.9. The van der Waals surface area contributed by atoms with Gasteiger partial charge in [-0.3, -0.25) is 14.4 Å². The summed E-state index contributed by atoms with van der Waals surface area (Å²) >= 11 is 1.39. The maximum absolute atomic E-state index is 13.7. The maximum Gasteiger partial charge on any atom is 0.272 e. The molecule has 5 aromatic carbocycles. The third-order valence-electron chi connectivity index (χ3n) is 7.58. The fourth-order valence-corrected chi connectivity index (χ4v) is 5.99. The first-order chi connectivity index (χ1) is 23.3. The number of aryl methyl sites for hydroxylation is 1. The molecule has 242 valence electrons. The lowest BCUT2D eigenvalue weighted by molar-refractivity contribution is -0.116. The predicted octanol–water partition coefficient (Wildman–Crippen LogP) is 8.58. The quantitative estimate of drug-likeness (QED) is 0.0924. The molecular weight excluding hydrogens is 619 g/mol. The van der Waals surface area contributed by atoms with E-state index in [1.165, 1.54) is 11.8 Å². The van der Waals surface area contributed by atoms with Gasteiger partial charge >= 0.3 is 0 Å². The minimum absolute atomic E-state index is 0.0705. The van der Waals surface area contributed by atoms with Crippen LogP contribution >= 0.6 is 11.8 Å². The summed E-state index contributed by atoms with van der Waals surface area (Å²) in [6.07, 6.45) is 1.62. The molecule has 0 saturated heterocycles. The standard InChI is InChI=1S/C40H37N3O4S/c1-4-47-33-23-21-29(22-24-33)25-36(43-38(44)31-16-9-6-10-17-31)39(45)41-32-18-12-19-34(26-32)48-37(30-14-7-5-8-15-30)40(46)42-35-20-11-13-27(2)28(35)3/h5-26,37H,4H2,1-3H3,(H,41,45)(H,42,46)(H,43,44)/b36-25+. The number of anilines is 2. The Kier molecular flexibility index (Phi) is 11.5. The highest BCUT2D eigenvalue weighted by Gasteiger charge is 2.23. The van der Waals surface area contributed by atoms with E-state index < -0.39 is 17.1 Å². The van der Waals surface area contributed by atoms with Crippen LogP contribution in [-0.2, 0) is 9.59 Å². The second kappa shape index (κ2) is 16.3. The Bertz CT molecular complexity index is 1910. The Balaban J connectivity index is 1.38. The van der Waals surface area contributed by atoms with Gasteiger partial charge < -0.3 is 20.7 Å². The average Bonchev–Trinajstić information content (AvgIpc) is 3.10. The Hall–Kier alpha value is -5.60. The van der Waals surface area contributed by atoms with Gasteiger partial charge in [-0.05, 0) is 97.6 Å². The molecule has 7 nitrogen and oxygen atoms in total. The van der Waals surface area contributed by atoms with E-state index in [9.17, 15) is 14.4 Å². The molecule has 48 heavy (non-hydrogen) atoms. The van der Waals surface area contributed by atoms with Crippen LogP contribution in [0.3, 0.4) is 0 Å². The molecule has 3 N–H and O–H groups in total. The number of thioether (sulfide) groups is 1. The number of benzene rings is 5. The van der Waals surface area contributed by atoms with Crippen molar-refractivity contribution in [2.24, 2.45) is 0 Å². The van der Waals surface area contributed by atoms with Crippen molar-refractivity contribution in [2.45, 2.75) is 30.9 Å². The van der Waals surface area contributed by atoms with Gasteiger partial charge in [0.15, 0.2) is 0 Å². The lowest BCUT2D eigenvalue weighted by Gasteiger charge is -2.19.